The van der Waals surface area contributed by atoms with Crippen LogP contribution in [-0.4, -0.2) is 41.9 Å². The number of rotatable bonds is 7. The second-order valence-electron chi connectivity index (χ2n) is 5.20. The molecule has 2 atom stereocenters. The van der Waals surface area contributed by atoms with E-state index < -0.39 is 6.04 Å². The largest absolute Gasteiger partial charge is 0.354 e. The average molecular weight is 269 g/mol. The monoisotopic (exact) mass is 269 g/mol. The summed E-state index contributed by atoms with van der Waals surface area (Å²) < 4.78 is 0. The number of nitrogens with two attached hydrogens (primary N) is 1. The molecule has 1 aliphatic rings. The van der Waals surface area contributed by atoms with Gasteiger partial charge in [-0.2, -0.15) is 0 Å². The first kappa shape index (κ1) is 16.0. The Morgan fingerprint density at radius 3 is 2.74 bits per heavy atom. The van der Waals surface area contributed by atoms with E-state index in [0.29, 0.717) is 19.5 Å². The zero-order valence-electron chi connectivity index (χ0n) is 12.2. The van der Waals surface area contributed by atoms with Gasteiger partial charge in [-0.15, -0.1) is 0 Å². The van der Waals surface area contributed by atoms with Crippen molar-refractivity contribution in [2.45, 2.75) is 64.5 Å². The fourth-order valence-electron chi connectivity index (χ4n) is 2.40. The van der Waals surface area contributed by atoms with E-state index in [4.69, 9.17) is 5.73 Å². The molecule has 1 heterocycles. The molecule has 5 heteroatoms. The molecule has 1 rings (SSSR count). The van der Waals surface area contributed by atoms with E-state index in [9.17, 15) is 9.59 Å². The second-order valence-corrected chi connectivity index (χ2v) is 5.20. The maximum atomic E-state index is 12.1. The van der Waals surface area contributed by atoms with Crippen LogP contribution in [0.3, 0.4) is 0 Å². The minimum absolute atomic E-state index is 0.0229. The summed E-state index contributed by atoms with van der Waals surface area (Å²) in [5.41, 5.74) is 5.78. The molecule has 1 saturated heterocycles. The number of hydrogen-bond acceptors (Lipinski definition) is 3. The summed E-state index contributed by atoms with van der Waals surface area (Å²) >= 11 is 0. The molecule has 2 amide bonds. The minimum Gasteiger partial charge on any atom is -0.354 e. The third-order valence-electron chi connectivity index (χ3n) is 3.68. The van der Waals surface area contributed by atoms with Crippen LogP contribution in [0.1, 0.15) is 52.4 Å². The first-order valence-corrected chi connectivity index (χ1v) is 7.45. The highest BCUT2D eigenvalue weighted by molar-refractivity contribution is 5.90. The molecule has 1 aliphatic heterocycles. The van der Waals surface area contributed by atoms with Gasteiger partial charge in [0.1, 0.15) is 6.04 Å². The molecule has 0 radical (unpaired) electrons. The molecule has 3 N–H and O–H groups in total. The van der Waals surface area contributed by atoms with Crippen LogP contribution in [0.2, 0.25) is 0 Å². The Balaban J connectivity index is 2.46. The lowest BCUT2D eigenvalue weighted by molar-refractivity contribution is -0.139. The van der Waals surface area contributed by atoms with Gasteiger partial charge in [0, 0.05) is 13.1 Å². The van der Waals surface area contributed by atoms with Gasteiger partial charge >= 0.3 is 0 Å². The first-order valence-electron chi connectivity index (χ1n) is 7.45. The number of carbonyl (C=O) groups excluding carboxylic acids is 2. The normalized spacial score (nSPS) is 20.4. The van der Waals surface area contributed by atoms with E-state index in [-0.39, 0.29) is 17.9 Å². The molecule has 19 heavy (non-hydrogen) atoms. The third kappa shape index (κ3) is 4.49. The number of unbranched alkanes of at least 4 members (excludes halogenated alkanes) is 2. The second kappa shape index (κ2) is 8.15. The molecule has 1 fully saturated rings. The molecule has 5 nitrogen and oxygen atoms in total. The molecule has 1 unspecified atom stereocenters. The van der Waals surface area contributed by atoms with Crippen LogP contribution in [0.5, 0.6) is 0 Å². The van der Waals surface area contributed by atoms with Crippen molar-refractivity contribution >= 4 is 11.8 Å². The van der Waals surface area contributed by atoms with Crippen LogP contribution in [0, 0.1) is 0 Å². The number of amides is 2. The van der Waals surface area contributed by atoms with Crippen molar-refractivity contribution in [1.82, 2.24) is 10.2 Å². The van der Waals surface area contributed by atoms with Gasteiger partial charge in [-0.25, -0.2) is 0 Å². The van der Waals surface area contributed by atoms with Crippen LogP contribution >= 0.6 is 0 Å². The first-order chi connectivity index (χ1) is 9.11. The van der Waals surface area contributed by atoms with Crippen molar-refractivity contribution in [2.75, 3.05) is 13.1 Å². The Hall–Kier alpha value is -1.10. The fourth-order valence-corrected chi connectivity index (χ4v) is 2.40. The Bertz CT molecular complexity index is 307. The van der Waals surface area contributed by atoms with Gasteiger partial charge in [0.25, 0.3) is 0 Å². The van der Waals surface area contributed by atoms with Gasteiger partial charge in [0.2, 0.25) is 11.8 Å². The third-order valence-corrected chi connectivity index (χ3v) is 3.68. The summed E-state index contributed by atoms with van der Waals surface area (Å²) in [5.74, 6) is -0.112. The topological polar surface area (TPSA) is 75.4 Å². The van der Waals surface area contributed by atoms with Crippen molar-refractivity contribution in [2.24, 2.45) is 5.73 Å². The summed E-state index contributed by atoms with van der Waals surface area (Å²) in [5, 5.41) is 2.93. The van der Waals surface area contributed by atoms with Crippen molar-refractivity contribution < 1.29 is 9.59 Å². The molecule has 0 aliphatic carbocycles. The molecule has 0 spiro atoms. The number of hydrogen-bond donors (Lipinski definition) is 2. The zero-order valence-corrected chi connectivity index (χ0v) is 12.2. The Labute approximate surface area is 115 Å². The van der Waals surface area contributed by atoms with E-state index in [1.807, 2.05) is 6.92 Å². The van der Waals surface area contributed by atoms with Crippen molar-refractivity contribution in [3.05, 3.63) is 0 Å². The Morgan fingerprint density at radius 2 is 2.11 bits per heavy atom. The maximum Gasteiger partial charge on any atom is 0.242 e. The van der Waals surface area contributed by atoms with Gasteiger partial charge in [0.05, 0.1) is 6.04 Å². The Morgan fingerprint density at radius 1 is 1.37 bits per heavy atom. The van der Waals surface area contributed by atoms with Gasteiger partial charge in [-0.3, -0.25) is 9.59 Å². The van der Waals surface area contributed by atoms with Gasteiger partial charge < -0.3 is 16.0 Å². The van der Waals surface area contributed by atoms with E-state index in [0.717, 1.165) is 32.1 Å². The number of nitrogens with zero attached hydrogens (tertiary/aromatic N) is 1. The SMILES string of the molecule is CCCCCNC(=O)[C@@H]1CCCN1C(=O)C(N)CC. The highest BCUT2D eigenvalue weighted by atomic mass is 16.2. The van der Waals surface area contributed by atoms with E-state index >= 15 is 0 Å². The molecule has 0 bridgehead atoms. The maximum absolute atomic E-state index is 12.1. The van der Waals surface area contributed by atoms with E-state index in [2.05, 4.69) is 12.2 Å². The van der Waals surface area contributed by atoms with E-state index in [1.165, 1.54) is 0 Å². The van der Waals surface area contributed by atoms with Crippen molar-refractivity contribution in [3.63, 3.8) is 0 Å². The molecule has 110 valence electrons. The van der Waals surface area contributed by atoms with Gasteiger partial charge in [-0.1, -0.05) is 26.7 Å². The predicted molar refractivity (Wildman–Crippen MR) is 75.5 cm³/mol. The lowest BCUT2D eigenvalue weighted by Gasteiger charge is -2.26. The van der Waals surface area contributed by atoms with Crippen molar-refractivity contribution in [1.29, 1.82) is 0 Å². The summed E-state index contributed by atoms with van der Waals surface area (Å²) in [7, 11) is 0. The smallest absolute Gasteiger partial charge is 0.242 e. The molecular formula is C14H27N3O2. The molecule has 0 aromatic heterocycles. The fraction of sp³-hybridized carbons (Fsp3) is 0.857. The average Bonchev–Trinajstić information content (AvgIpc) is 2.91. The quantitative estimate of drug-likeness (QED) is 0.678. The van der Waals surface area contributed by atoms with Crippen molar-refractivity contribution in [3.8, 4) is 0 Å². The highest BCUT2D eigenvalue weighted by Crippen LogP contribution is 2.18. The zero-order chi connectivity index (χ0) is 14.3. The molecular weight excluding hydrogens is 242 g/mol. The predicted octanol–water partition coefficient (Wildman–Crippen LogP) is 1.02. The van der Waals surface area contributed by atoms with E-state index in [1.54, 1.807) is 4.90 Å². The van der Waals surface area contributed by atoms with Crippen LogP contribution < -0.4 is 11.1 Å². The van der Waals surface area contributed by atoms with Crippen LogP contribution in [0.25, 0.3) is 0 Å². The lowest BCUT2D eigenvalue weighted by atomic mass is 10.1. The standard InChI is InChI=1S/C14H27N3O2/c1-3-5-6-9-16-13(18)12-8-7-10-17(12)14(19)11(15)4-2/h11-12H,3-10,15H2,1-2H3,(H,16,18)/t11?,12-/m0/s1. The minimum atomic E-state index is -0.478. The lowest BCUT2D eigenvalue weighted by Crippen LogP contribution is -2.51. The molecule has 0 aromatic rings. The van der Waals surface area contributed by atoms with Gasteiger partial charge in [-0.05, 0) is 25.7 Å². The van der Waals surface area contributed by atoms with Crippen LogP contribution in [0.15, 0.2) is 0 Å². The van der Waals surface area contributed by atoms with Crippen LogP contribution in [0.4, 0.5) is 0 Å². The summed E-state index contributed by atoms with van der Waals surface area (Å²) in [6, 6.07) is -0.791. The number of likely N-dealkylation sites (tertiary alicyclic amines) is 1. The number of carbonyl (C=O) groups is 2. The number of nitrogens with one attached hydrogen (secondary N) is 1. The Kier molecular flexibility index (Phi) is 6.84. The summed E-state index contributed by atoms with van der Waals surface area (Å²) in [4.78, 5) is 25.8. The van der Waals surface area contributed by atoms with Crippen LogP contribution in [-0.2, 0) is 9.59 Å². The molecule has 0 aromatic carbocycles. The van der Waals surface area contributed by atoms with Gasteiger partial charge in [0.15, 0.2) is 0 Å². The summed E-state index contributed by atoms with van der Waals surface area (Å²) in [6.45, 7) is 5.37. The molecule has 0 saturated carbocycles. The summed E-state index contributed by atoms with van der Waals surface area (Å²) in [6.07, 6.45) is 5.50. The highest BCUT2D eigenvalue weighted by Gasteiger charge is 2.35.